The molecule has 0 aromatic rings. The lowest BCUT2D eigenvalue weighted by molar-refractivity contribution is -0.0435. The monoisotopic (exact) mass is 386 g/mol. The van der Waals surface area contributed by atoms with Crippen molar-refractivity contribution in [3.05, 3.63) is 0 Å². The van der Waals surface area contributed by atoms with E-state index in [0.717, 1.165) is 32.1 Å². The Bertz CT molecular complexity index is 301. The maximum absolute atomic E-state index is 12.0. The fourth-order valence-electron chi connectivity index (χ4n) is 1.34. The molecule has 0 saturated carbocycles. The van der Waals surface area contributed by atoms with Crippen LogP contribution in [0.3, 0.4) is 0 Å². The molecule has 1 atom stereocenters. The van der Waals surface area contributed by atoms with E-state index in [9.17, 15) is 21.6 Å². The third-order valence-corrected chi connectivity index (χ3v) is 5.15. The van der Waals surface area contributed by atoms with Crippen molar-refractivity contribution in [1.29, 1.82) is 0 Å². The van der Waals surface area contributed by atoms with E-state index >= 15 is 0 Å². The SMILES string of the molecule is CCCCCCC(I)CCS(=O)(=O)C(F)(F)F. The normalized spacial score (nSPS) is 14.9. The Morgan fingerprint density at radius 1 is 1.12 bits per heavy atom. The van der Waals surface area contributed by atoms with Crippen LogP contribution in [0.1, 0.15) is 45.4 Å². The highest BCUT2D eigenvalue weighted by Gasteiger charge is 2.44. The van der Waals surface area contributed by atoms with E-state index in [0.29, 0.717) is 0 Å². The van der Waals surface area contributed by atoms with Crippen LogP contribution in [-0.2, 0) is 9.84 Å². The molecule has 0 rings (SSSR count). The third-order valence-electron chi connectivity index (χ3n) is 2.42. The molecule has 0 radical (unpaired) electrons. The lowest BCUT2D eigenvalue weighted by Crippen LogP contribution is -2.27. The van der Waals surface area contributed by atoms with Gasteiger partial charge < -0.3 is 0 Å². The van der Waals surface area contributed by atoms with Gasteiger partial charge >= 0.3 is 5.51 Å². The average Bonchev–Trinajstić information content (AvgIpc) is 2.20. The summed E-state index contributed by atoms with van der Waals surface area (Å²) < 4.78 is 57.7. The number of hydrogen-bond donors (Lipinski definition) is 0. The van der Waals surface area contributed by atoms with Crippen LogP contribution >= 0.6 is 22.6 Å². The van der Waals surface area contributed by atoms with E-state index < -0.39 is 21.1 Å². The lowest BCUT2D eigenvalue weighted by Gasteiger charge is -2.11. The van der Waals surface area contributed by atoms with Crippen LogP contribution in [0.2, 0.25) is 0 Å². The summed E-state index contributed by atoms with van der Waals surface area (Å²) in [5.41, 5.74) is -5.11. The Kier molecular flexibility index (Phi) is 8.02. The minimum Gasteiger partial charge on any atom is -0.220 e. The number of halogens is 4. The minimum atomic E-state index is -5.11. The van der Waals surface area contributed by atoms with Gasteiger partial charge in [-0.2, -0.15) is 13.2 Å². The van der Waals surface area contributed by atoms with Crippen LogP contribution in [0.25, 0.3) is 0 Å². The summed E-state index contributed by atoms with van der Waals surface area (Å²) >= 11 is 2.03. The van der Waals surface area contributed by atoms with Crippen LogP contribution in [-0.4, -0.2) is 23.6 Å². The third kappa shape index (κ3) is 7.48. The summed E-state index contributed by atoms with van der Waals surface area (Å²) in [5.74, 6) is -0.794. The van der Waals surface area contributed by atoms with Gasteiger partial charge in [-0.1, -0.05) is 55.2 Å². The number of unbranched alkanes of at least 4 members (excludes halogenated alkanes) is 3. The van der Waals surface area contributed by atoms with E-state index in [1.807, 2.05) is 22.6 Å². The maximum atomic E-state index is 12.0. The minimum absolute atomic E-state index is 0.00146. The zero-order valence-electron chi connectivity index (χ0n) is 9.76. The van der Waals surface area contributed by atoms with Crippen LogP contribution in [0.5, 0.6) is 0 Å². The molecule has 0 amide bonds. The zero-order chi connectivity index (χ0) is 13.5. The van der Waals surface area contributed by atoms with Gasteiger partial charge in [-0.15, -0.1) is 0 Å². The Labute approximate surface area is 114 Å². The zero-order valence-corrected chi connectivity index (χ0v) is 12.7. The average molecular weight is 386 g/mol. The van der Waals surface area contributed by atoms with Gasteiger partial charge in [0.05, 0.1) is 5.75 Å². The molecule has 0 spiro atoms. The Hall–Kier alpha value is 0.470. The van der Waals surface area contributed by atoms with E-state index in [-0.39, 0.29) is 10.3 Å². The molecular formula is C10H18F3IO2S. The Balaban J connectivity index is 3.88. The van der Waals surface area contributed by atoms with E-state index in [1.165, 1.54) is 0 Å². The summed E-state index contributed by atoms with van der Waals surface area (Å²) in [5, 5.41) is 0. The lowest BCUT2D eigenvalue weighted by atomic mass is 10.1. The summed E-state index contributed by atoms with van der Waals surface area (Å²) in [4.78, 5) is 0. The van der Waals surface area contributed by atoms with Crippen molar-refractivity contribution in [1.82, 2.24) is 0 Å². The molecule has 0 aliphatic carbocycles. The highest BCUT2D eigenvalue weighted by molar-refractivity contribution is 14.1. The van der Waals surface area contributed by atoms with Crippen molar-refractivity contribution in [3.63, 3.8) is 0 Å². The smallest absolute Gasteiger partial charge is 0.220 e. The van der Waals surface area contributed by atoms with Crippen LogP contribution in [0, 0.1) is 0 Å². The highest BCUT2D eigenvalue weighted by atomic mass is 127. The van der Waals surface area contributed by atoms with Crippen molar-refractivity contribution < 1.29 is 21.6 Å². The van der Waals surface area contributed by atoms with E-state index in [2.05, 4.69) is 6.92 Å². The molecule has 104 valence electrons. The van der Waals surface area contributed by atoms with Gasteiger partial charge in [0.2, 0.25) is 9.84 Å². The molecule has 0 saturated heterocycles. The second kappa shape index (κ2) is 7.81. The second-order valence-corrected chi connectivity index (χ2v) is 7.86. The topological polar surface area (TPSA) is 34.1 Å². The molecule has 0 aliphatic rings. The summed E-state index contributed by atoms with van der Waals surface area (Å²) in [7, 11) is -4.93. The van der Waals surface area contributed by atoms with Crippen molar-refractivity contribution in [2.24, 2.45) is 0 Å². The van der Waals surface area contributed by atoms with Gasteiger partial charge in [0.25, 0.3) is 0 Å². The molecule has 7 heteroatoms. The van der Waals surface area contributed by atoms with Crippen molar-refractivity contribution in [3.8, 4) is 0 Å². The first kappa shape index (κ1) is 17.5. The Morgan fingerprint density at radius 3 is 2.18 bits per heavy atom. The predicted molar refractivity (Wildman–Crippen MR) is 71.0 cm³/mol. The molecule has 0 heterocycles. The molecule has 0 aromatic carbocycles. The van der Waals surface area contributed by atoms with Crippen molar-refractivity contribution in [2.75, 3.05) is 5.75 Å². The first-order valence-corrected chi connectivity index (χ1v) is 8.53. The summed E-state index contributed by atoms with van der Waals surface area (Å²) in [6, 6.07) is 0. The molecule has 0 N–H and O–H groups in total. The number of sulfone groups is 1. The highest BCUT2D eigenvalue weighted by Crippen LogP contribution is 2.26. The molecule has 0 bridgehead atoms. The molecular weight excluding hydrogens is 368 g/mol. The number of hydrogen-bond acceptors (Lipinski definition) is 2. The molecule has 0 aromatic heterocycles. The molecule has 1 unspecified atom stereocenters. The van der Waals surface area contributed by atoms with Crippen molar-refractivity contribution in [2.45, 2.75) is 54.9 Å². The van der Waals surface area contributed by atoms with Crippen LogP contribution < -0.4 is 0 Å². The standard InChI is InChI=1S/C10H18F3IO2S/c1-2-3-4-5-6-9(14)7-8-17(15,16)10(11,12)13/h9H,2-8H2,1H3. The maximum Gasteiger partial charge on any atom is 0.497 e. The summed E-state index contributed by atoms with van der Waals surface area (Å²) in [6.07, 6.45) is 5.09. The second-order valence-electron chi connectivity index (χ2n) is 4.00. The quantitative estimate of drug-likeness (QED) is 0.358. The van der Waals surface area contributed by atoms with Gasteiger partial charge in [-0.05, 0) is 12.8 Å². The van der Waals surface area contributed by atoms with Crippen molar-refractivity contribution >= 4 is 32.4 Å². The van der Waals surface area contributed by atoms with E-state index in [1.54, 1.807) is 0 Å². The first-order valence-electron chi connectivity index (χ1n) is 5.63. The number of rotatable bonds is 8. The molecule has 0 fully saturated rings. The first-order chi connectivity index (χ1) is 7.70. The van der Waals surface area contributed by atoms with Gasteiger partial charge in [0.1, 0.15) is 0 Å². The van der Waals surface area contributed by atoms with Gasteiger partial charge in [0, 0.05) is 3.92 Å². The largest absolute Gasteiger partial charge is 0.497 e. The number of alkyl halides is 4. The molecule has 17 heavy (non-hydrogen) atoms. The van der Waals surface area contributed by atoms with Gasteiger partial charge in [-0.3, -0.25) is 0 Å². The summed E-state index contributed by atoms with van der Waals surface area (Å²) in [6.45, 7) is 2.08. The predicted octanol–water partition coefficient (Wildman–Crippen LogP) is 4.09. The Morgan fingerprint density at radius 2 is 1.71 bits per heavy atom. The van der Waals surface area contributed by atoms with Crippen LogP contribution in [0.4, 0.5) is 13.2 Å². The van der Waals surface area contributed by atoms with Gasteiger partial charge in [0.15, 0.2) is 0 Å². The fourth-order valence-corrected chi connectivity index (χ4v) is 3.34. The molecule has 0 aliphatic heterocycles. The van der Waals surface area contributed by atoms with E-state index in [4.69, 9.17) is 0 Å². The molecule has 2 nitrogen and oxygen atoms in total. The van der Waals surface area contributed by atoms with Gasteiger partial charge in [-0.25, -0.2) is 8.42 Å². The fraction of sp³-hybridized carbons (Fsp3) is 1.00. The van der Waals surface area contributed by atoms with Crippen LogP contribution in [0.15, 0.2) is 0 Å².